The number of rotatable bonds is 2. The fraction of sp³-hybridized carbons (Fsp3) is 0.235. The van der Waals surface area contributed by atoms with Crippen LogP contribution in [0.4, 0.5) is 27.6 Å². The van der Waals surface area contributed by atoms with Gasteiger partial charge in [0.25, 0.3) is 0 Å². The molecule has 26 heavy (non-hydrogen) atoms. The second kappa shape index (κ2) is 6.51. The fourth-order valence-corrected chi connectivity index (χ4v) is 3.10. The predicted molar refractivity (Wildman–Crippen MR) is 85.7 cm³/mol. The van der Waals surface area contributed by atoms with Crippen LogP contribution in [0.3, 0.4) is 0 Å². The van der Waals surface area contributed by atoms with Crippen molar-refractivity contribution in [1.82, 2.24) is 0 Å². The van der Waals surface area contributed by atoms with Gasteiger partial charge in [-0.3, -0.25) is 4.79 Å². The summed E-state index contributed by atoms with van der Waals surface area (Å²) in [5, 5.41) is -0.719. The monoisotopic (exact) mass is 390 g/mol. The molecule has 2 aromatic carbocycles. The minimum absolute atomic E-state index is 0.143. The van der Waals surface area contributed by atoms with E-state index in [1.54, 1.807) is 0 Å². The Balaban J connectivity index is 2.07. The molecule has 0 unspecified atom stereocenters. The first-order valence-electron chi connectivity index (χ1n) is 7.48. The van der Waals surface area contributed by atoms with Gasteiger partial charge in [-0.2, -0.15) is 13.2 Å². The van der Waals surface area contributed by atoms with E-state index in [1.807, 2.05) is 0 Å². The van der Waals surface area contributed by atoms with Crippen LogP contribution in [0.2, 0.25) is 5.02 Å². The molecule has 3 rings (SSSR count). The Labute approximate surface area is 150 Å². The van der Waals surface area contributed by atoms with Crippen molar-refractivity contribution < 1.29 is 26.7 Å². The quantitative estimate of drug-likeness (QED) is 0.786. The Morgan fingerprint density at radius 3 is 2.54 bits per heavy atom. The van der Waals surface area contributed by atoms with Crippen LogP contribution in [0.5, 0.6) is 0 Å². The highest BCUT2D eigenvalue weighted by Crippen LogP contribution is 2.35. The number of amides is 1. The smallest absolute Gasteiger partial charge is 0.320 e. The molecular weight excluding hydrogens is 379 g/mol. The van der Waals surface area contributed by atoms with E-state index in [9.17, 15) is 26.7 Å². The number of nitrogens with zero attached hydrogens (tertiary/aromatic N) is 1. The van der Waals surface area contributed by atoms with Crippen molar-refractivity contribution in [3.05, 3.63) is 63.7 Å². The van der Waals surface area contributed by atoms with Gasteiger partial charge in [-0.25, -0.2) is 8.78 Å². The van der Waals surface area contributed by atoms with E-state index in [0.29, 0.717) is 17.7 Å². The van der Waals surface area contributed by atoms with Crippen LogP contribution >= 0.6 is 11.6 Å². The van der Waals surface area contributed by atoms with Gasteiger partial charge in [-0.15, -0.1) is 0 Å². The number of fused-ring (bicyclic) bond motifs is 1. The maximum Gasteiger partial charge on any atom is 0.416 e. The molecule has 0 aliphatic carbocycles. The zero-order chi connectivity index (χ0) is 19.2. The SMILES string of the molecule is N[C@@H]1Cc2ccc(F)cc2N(Cc2cc(C(F)(F)F)cc(Cl)c2F)C1=O. The molecule has 2 N–H and O–H groups in total. The molecule has 1 heterocycles. The van der Waals surface area contributed by atoms with Crippen LogP contribution in [-0.4, -0.2) is 11.9 Å². The van der Waals surface area contributed by atoms with Gasteiger partial charge >= 0.3 is 6.18 Å². The van der Waals surface area contributed by atoms with E-state index in [2.05, 4.69) is 0 Å². The predicted octanol–water partition coefficient (Wildman–Crippen LogP) is 4.05. The third-order valence-corrected chi connectivity index (χ3v) is 4.40. The van der Waals surface area contributed by atoms with Crippen molar-refractivity contribution in [1.29, 1.82) is 0 Å². The van der Waals surface area contributed by atoms with Gasteiger partial charge < -0.3 is 10.6 Å². The number of carbonyl (C=O) groups excluding carboxylic acids is 1. The van der Waals surface area contributed by atoms with E-state index < -0.39 is 52.5 Å². The molecule has 1 aliphatic rings. The largest absolute Gasteiger partial charge is 0.416 e. The fourth-order valence-electron chi connectivity index (χ4n) is 2.86. The van der Waals surface area contributed by atoms with Gasteiger partial charge in [-0.05, 0) is 36.2 Å². The van der Waals surface area contributed by atoms with E-state index in [0.717, 1.165) is 11.0 Å². The van der Waals surface area contributed by atoms with E-state index in [-0.39, 0.29) is 12.1 Å². The van der Waals surface area contributed by atoms with Crippen molar-refractivity contribution in [3.8, 4) is 0 Å². The third-order valence-electron chi connectivity index (χ3n) is 4.12. The molecule has 0 spiro atoms. The highest BCUT2D eigenvalue weighted by Gasteiger charge is 2.35. The normalized spacial score (nSPS) is 17.4. The highest BCUT2D eigenvalue weighted by atomic mass is 35.5. The van der Waals surface area contributed by atoms with Crippen LogP contribution in [0.15, 0.2) is 30.3 Å². The molecule has 2 aromatic rings. The summed E-state index contributed by atoms with van der Waals surface area (Å²) in [6, 6.07) is 3.76. The van der Waals surface area contributed by atoms with Gasteiger partial charge in [0.15, 0.2) is 0 Å². The Hall–Kier alpha value is -2.19. The lowest BCUT2D eigenvalue weighted by molar-refractivity contribution is -0.137. The molecule has 1 atom stereocenters. The van der Waals surface area contributed by atoms with Gasteiger partial charge in [-0.1, -0.05) is 17.7 Å². The van der Waals surface area contributed by atoms with E-state index in [4.69, 9.17) is 17.3 Å². The summed E-state index contributed by atoms with van der Waals surface area (Å²) in [6.07, 6.45) is -4.59. The van der Waals surface area contributed by atoms with Crippen LogP contribution < -0.4 is 10.6 Å². The maximum atomic E-state index is 14.3. The minimum atomic E-state index is -4.74. The number of benzene rings is 2. The minimum Gasteiger partial charge on any atom is -0.320 e. The lowest BCUT2D eigenvalue weighted by atomic mass is 9.96. The summed E-state index contributed by atoms with van der Waals surface area (Å²) in [7, 11) is 0. The lowest BCUT2D eigenvalue weighted by Gasteiger charge is -2.33. The summed E-state index contributed by atoms with van der Waals surface area (Å²) in [4.78, 5) is 13.4. The topological polar surface area (TPSA) is 46.3 Å². The van der Waals surface area contributed by atoms with Crippen molar-refractivity contribution >= 4 is 23.2 Å². The second-order valence-electron chi connectivity index (χ2n) is 5.94. The average molecular weight is 391 g/mol. The second-order valence-corrected chi connectivity index (χ2v) is 6.34. The molecule has 1 amide bonds. The molecule has 3 nitrogen and oxygen atoms in total. The lowest BCUT2D eigenvalue weighted by Crippen LogP contribution is -2.48. The number of hydrogen-bond acceptors (Lipinski definition) is 2. The molecule has 0 fully saturated rings. The molecule has 0 saturated heterocycles. The first-order valence-corrected chi connectivity index (χ1v) is 7.86. The van der Waals surface area contributed by atoms with Crippen LogP contribution in [0.25, 0.3) is 0 Å². The van der Waals surface area contributed by atoms with E-state index >= 15 is 0 Å². The number of nitrogens with two attached hydrogens (primary N) is 1. The number of alkyl halides is 3. The summed E-state index contributed by atoms with van der Waals surface area (Å²) >= 11 is 5.57. The summed E-state index contributed by atoms with van der Waals surface area (Å²) in [5.74, 6) is -2.36. The van der Waals surface area contributed by atoms with Gasteiger partial charge in [0.05, 0.1) is 28.9 Å². The van der Waals surface area contributed by atoms with Crippen LogP contribution in [-0.2, 0) is 23.9 Å². The maximum absolute atomic E-state index is 14.3. The van der Waals surface area contributed by atoms with Gasteiger partial charge in [0.2, 0.25) is 5.91 Å². The zero-order valence-electron chi connectivity index (χ0n) is 13.1. The number of hydrogen-bond donors (Lipinski definition) is 1. The Bertz CT molecular complexity index is 884. The third kappa shape index (κ3) is 3.39. The van der Waals surface area contributed by atoms with Crippen molar-refractivity contribution in [3.63, 3.8) is 0 Å². The molecule has 0 bridgehead atoms. The number of anilines is 1. The summed E-state index contributed by atoms with van der Waals surface area (Å²) < 4.78 is 66.7. The van der Waals surface area contributed by atoms with Crippen molar-refractivity contribution in [2.24, 2.45) is 5.73 Å². The highest BCUT2D eigenvalue weighted by molar-refractivity contribution is 6.30. The molecule has 9 heteroatoms. The van der Waals surface area contributed by atoms with Crippen LogP contribution in [0.1, 0.15) is 16.7 Å². The Kier molecular flexibility index (Phi) is 4.66. The summed E-state index contributed by atoms with van der Waals surface area (Å²) in [6.45, 7) is -0.557. The van der Waals surface area contributed by atoms with Gasteiger partial charge in [0.1, 0.15) is 11.6 Å². The molecule has 1 aliphatic heterocycles. The van der Waals surface area contributed by atoms with Gasteiger partial charge in [0, 0.05) is 5.56 Å². The molecular formula is C17H12ClF5N2O. The molecule has 0 radical (unpaired) electrons. The standard InChI is InChI=1S/C17H12ClF5N2O/c18-12-5-10(17(21,22)23)3-9(15(12)20)7-25-14-6-11(19)2-1-8(14)4-13(24)16(25)26/h1-3,5-6,13H,4,7,24H2/t13-/m1/s1. The Morgan fingerprint density at radius 2 is 1.88 bits per heavy atom. The molecule has 0 saturated carbocycles. The molecule has 0 aromatic heterocycles. The van der Waals surface area contributed by atoms with Crippen molar-refractivity contribution in [2.75, 3.05) is 4.90 Å². The molecule has 138 valence electrons. The first kappa shape index (κ1) is 18.6. The van der Waals surface area contributed by atoms with Crippen LogP contribution in [0, 0.1) is 11.6 Å². The Morgan fingerprint density at radius 1 is 1.19 bits per heavy atom. The zero-order valence-corrected chi connectivity index (χ0v) is 13.8. The summed E-state index contributed by atoms with van der Waals surface area (Å²) in [5.41, 5.74) is 4.85. The van der Waals surface area contributed by atoms with Crippen molar-refractivity contribution in [2.45, 2.75) is 25.2 Å². The number of carbonyl (C=O) groups is 1. The average Bonchev–Trinajstić information content (AvgIpc) is 2.55. The first-order chi connectivity index (χ1) is 12.1. The van der Waals surface area contributed by atoms with E-state index in [1.165, 1.54) is 12.1 Å². The number of halogens is 6.